The summed E-state index contributed by atoms with van der Waals surface area (Å²) in [6.45, 7) is 0.702. The van der Waals surface area contributed by atoms with Crippen molar-refractivity contribution in [2.24, 2.45) is 10.8 Å². The average molecular weight is 284 g/mol. The molecule has 1 heterocycles. The second kappa shape index (κ2) is 4.52. The van der Waals surface area contributed by atoms with Gasteiger partial charge in [0.05, 0.1) is 17.3 Å². The van der Waals surface area contributed by atoms with Crippen LogP contribution in [-0.2, 0) is 6.42 Å². The number of nitrogens with one attached hydrogen (secondary N) is 1. The summed E-state index contributed by atoms with van der Waals surface area (Å²) in [5.41, 5.74) is 9.04. The molecule has 0 bridgehead atoms. The van der Waals surface area contributed by atoms with Crippen LogP contribution in [-0.4, -0.2) is 18.9 Å². The topological polar surface area (TPSA) is 76.7 Å². The zero-order valence-corrected chi connectivity index (χ0v) is 9.95. The Morgan fingerprint density at radius 1 is 1.62 bits per heavy atom. The molecule has 1 aliphatic rings. The van der Waals surface area contributed by atoms with Crippen LogP contribution >= 0.6 is 15.9 Å². The zero-order chi connectivity index (χ0) is 11.5. The number of primary amides is 1. The van der Waals surface area contributed by atoms with Crippen molar-refractivity contribution in [2.45, 2.75) is 6.42 Å². The van der Waals surface area contributed by atoms with Crippen LogP contribution in [0.1, 0.15) is 11.1 Å². The zero-order valence-electron chi connectivity index (χ0n) is 8.37. The van der Waals surface area contributed by atoms with E-state index in [1.165, 1.54) is 6.21 Å². The Balaban J connectivity index is 2.20. The molecule has 0 aromatic heterocycles. The molecule has 0 radical (unpaired) electrons. The number of benzene rings is 1. The van der Waals surface area contributed by atoms with Crippen molar-refractivity contribution < 1.29 is 9.53 Å². The molecule has 0 fully saturated rings. The number of nitrogens with zero attached hydrogens (tertiary/aromatic N) is 1. The molecule has 0 spiro atoms. The van der Waals surface area contributed by atoms with Gasteiger partial charge < -0.3 is 10.5 Å². The highest BCUT2D eigenvalue weighted by Crippen LogP contribution is 2.34. The standard InChI is InChI=1S/C10H10BrN3O2/c11-8-4-6(5-13-14-10(12)15)3-7-1-2-16-9(7)8/h3-5H,1-2H2,(H3,12,14,15). The fourth-order valence-corrected chi connectivity index (χ4v) is 2.16. The van der Waals surface area contributed by atoms with E-state index in [9.17, 15) is 4.79 Å². The molecule has 0 atom stereocenters. The van der Waals surface area contributed by atoms with Gasteiger partial charge in [-0.3, -0.25) is 0 Å². The molecule has 3 N–H and O–H groups in total. The Kier molecular flexibility index (Phi) is 3.09. The molecule has 0 saturated heterocycles. The number of fused-ring (bicyclic) bond motifs is 1. The highest BCUT2D eigenvalue weighted by Gasteiger charge is 2.15. The summed E-state index contributed by atoms with van der Waals surface area (Å²) in [4.78, 5) is 10.4. The molecule has 0 saturated carbocycles. The van der Waals surface area contributed by atoms with Crippen molar-refractivity contribution in [3.05, 3.63) is 27.7 Å². The lowest BCUT2D eigenvalue weighted by Gasteiger charge is -2.03. The summed E-state index contributed by atoms with van der Waals surface area (Å²) in [5, 5.41) is 3.70. The number of hydrogen-bond donors (Lipinski definition) is 2. The number of nitrogens with two attached hydrogens (primary N) is 1. The van der Waals surface area contributed by atoms with E-state index in [0.717, 1.165) is 27.8 Å². The number of hydrogen-bond acceptors (Lipinski definition) is 3. The Labute approximate surface area is 101 Å². The van der Waals surface area contributed by atoms with Crippen molar-refractivity contribution in [2.75, 3.05) is 6.61 Å². The first-order chi connectivity index (χ1) is 7.66. The second-order valence-electron chi connectivity index (χ2n) is 3.32. The number of hydrazone groups is 1. The summed E-state index contributed by atoms with van der Waals surface area (Å²) < 4.78 is 6.34. The fraction of sp³-hybridized carbons (Fsp3) is 0.200. The molecule has 2 rings (SSSR count). The van der Waals surface area contributed by atoms with Crippen LogP contribution in [0.15, 0.2) is 21.7 Å². The molecule has 5 nitrogen and oxygen atoms in total. The summed E-state index contributed by atoms with van der Waals surface area (Å²) in [6.07, 6.45) is 2.42. The van der Waals surface area contributed by atoms with Crippen LogP contribution in [0.3, 0.4) is 0 Å². The van der Waals surface area contributed by atoms with Crippen LogP contribution in [0.4, 0.5) is 4.79 Å². The third-order valence-corrected chi connectivity index (χ3v) is 2.74. The van der Waals surface area contributed by atoms with Crippen molar-refractivity contribution in [1.82, 2.24) is 5.43 Å². The maximum absolute atomic E-state index is 10.4. The number of carbonyl (C=O) groups excluding carboxylic acids is 1. The molecular formula is C10H10BrN3O2. The smallest absolute Gasteiger partial charge is 0.332 e. The van der Waals surface area contributed by atoms with Crippen molar-refractivity contribution >= 4 is 28.2 Å². The number of halogens is 1. The first-order valence-corrected chi connectivity index (χ1v) is 5.50. The van der Waals surface area contributed by atoms with E-state index >= 15 is 0 Å². The molecule has 0 unspecified atom stereocenters. The SMILES string of the molecule is NC(=O)NN=Cc1cc(Br)c2c(c1)CCO2. The van der Waals surface area contributed by atoms with Gasteiger partial charge in [-0.05, 0) is 39.2 Å². The van der Waals surface area contributed by atoms with E-state index in [4.69, 9.17) is 10.5 Å². The highest BCUT2D eigenvalue weighted by molar-refractivity contribution is 9.10. The van der Waals surface area contributed by atoms with Crippen LogP contribution in [0.25, 0.3) is 0 Å². The van der Waals surface area contributed by atoms with E-state index in [1.54, 1.807) is 0 Å². The van der Waals surface area contributed by atoms with Crippen LogP contribution in [0.5, 0.6) is 5.75 Å². The van der Waals surface area contributed by atoms with Crippen molar-refractivity contribution in [1.29, 1.82) is 0 Å². The Hall–Kier alpha value is -1.56. The van der Waals surface area contributed by atoms with E-state index < -0.39 is 6.03 Å². The number of carbonyl (C=O) groups is 1. The molecule has 1 aromatic rings. The number of amides is 2. The summed E-state index contributed by atoms with van der Waals surface area (Å²) in [7, 11) is 0. The number of rotatable bonds is 2. The minimum Gasteiger partial charge on any atom is -0.492 e. The highest BCUT2D eigenvalue weighted by atomic mass is 79.9. The molecule has 16 heavy (non-hydrogen) atoms. The maximum Gasteiger partial charge on any atom is 0.332 e. The first kappa shape index (κ1) is 10.9. The fourth-order valence-electron chi connectivity index (χ4n) is 1.53. The third-order valence-electron chi connectivity index (χ3n) is 2.15. The maximum atomic E-state index is 10.4. The van der Waals surface area contributed by atoms with Gasteiger partial charge in [-0.1, -0.05) is 0 Å². The molecule has 6 heteroatoms. The largest absolute Gasteiger partial charge is 0.492 e. The van der Waals surface area contributed by atoms with Gasteiger partial charge in [-0.15, -0.1) is 0 Å². The number of ether oxygens (including phenoxy) is 1. The van der Waals surface area contributed by atoms with E-state index in [-0.39, 0.29) is 0 Å². The van der Waals surface area contributed by atoms with Crippen LogP contribution in [0, 0.1) is 0 Å². The van der Waals surface area contributed by atoms with Gasteiger partial charge in [-0.2, -0.15) is 5.10 Å². The first-order valence-electron chi connectivity index (χ1n) is 4.70. The number of urea groups is 1. The van der Waals surface area contributed by atoms with Crippen LogP contribution < -0.4 is 15.9 Å². The van der Waals surface area contributed by atoms with Crippen molar-refractivity contribution in [3.8, 4) is 5.75 Å². The van der Waals surface area contributed by atoms with E-state index in [1.807, 2.05) is 12.1 Å². The molecule has 0 aliphatic carbocycles. The second-order valence-corrected chi connectivity index (χ2v) is 4.18. The van der Waals surface area contributed by atoms with Gasteiger partial charge >= 0.3 is 6.03 Å². The molecule has 1 aliphatic heterocycles. The quantitative estimate of drug-likeness (QED) is 0.636. The lowest BCUT2D eigenvalue weighted by atomic mass is 10.1. The Morgan fingerprint density at radius 2 is 2.44 bits per heavy atom. The van der Waals surface area contributed by atoms with Gasteiger partial charge in [0.15, 0.2) is 0 Å². The van der Waals surface area contributed by atoms with E-state index in [2.05, 4.69) is 26.5 Å². The van der Waals surface area contributed by atoms with Gasteiger partial charge in [0, 0.05) is 6.42 Å². The molecule has 84 valence electrons. The molecule has 2 amide bonds. The molecular weight excluding hydrogens is 274 g/mol. The lowest BCUT2D eigenvalue weighted by molar-refractivity contribution is 0.249. The van der Waals surface area contributed by atoms with Crippen molar-refractivity contribution in [3.63, 3.8) is 0 Å². The lowest BCUT2D eigenvalue weighted by Crippen LogP contribution is -2.24. The predicted molar refractivity (Wildman–Crippen MR) is 63.7 cm³/mol. The average Bonchev–Trinajstić information content (AvgIpc) is 2.65. The molecule has 1 aromatic carbocycles. The summed E-state index contributed by atoms with van der Waals surface area (Å²) in [6, 6.07) is 3.16. The predicted octanol–water partition coefficient (Wildman–Crippen LogP) is 1.39. The van der Waals surface area contributed by atoms with Gasteiger partial charge in [0.25, 0.3) is 0 Å². The minimum atomic E-state index is -0.681. The van der Waals surface area contributed by atoms with E-state index in [0.29, 0.717) is 6.61 Å². The normalized spacial score (nSPS) is 13.6. The van der Waals surface area contributed by atoms with Gasteiger partial charge in [0.1, 0.15) is 5.75 Å². The van der Waals surface area contributed by atoms with Gasteiger partial charge in [0.2, 0.25) is 0 Å². The summed E-state index contributed by atoms with van der Waals surface area (Å²) in [5.74, 6) is 0.889. The monoisotopic (exact) mass is 283 g/mol. The minimum absolute atomic E-state index is 0.681. The van der Waals surface area contributed by atoms with Crippen LogP contribution in [0.2, 0.25) is 0 Å². The Bertz CT molecular complexity index is 460. The summed E-state index contributed by atoms with van der Waals surface area (Å²) >= 11 is 3.42. The Morgan fingerprint density at radius 3 is 3.19 bits per heavy atom. The third kappa shape index (κ3) is 2.33. The van der Waals surface area contributed by atoms with Gasteiger partial charge in [-0.25, -0.2) is 10.2 Å².